The SMILES string of the molecule is CC(C)(C)NCC1(Cc2ccc(F)c(F)c2)CC2CC2C1. The summed E-state index contributed by atoms with van der Waals surface area (Å²) < 4.78 is 26.5. The lowest BCUT2D eigenvalue weighted by Gasteiger charge is -2.35. The van der Waals surface area contributed by atoms with Crippen LogP contribution in [0.25, 0.3) is 0 Å². The van der Waals surface area contributed by atoms with Crippen LogP contribution in [0.15, 0.2) is 18.2 Å². The number of nitrogens with one attached hydrogen (secondary N) is 1. The van der Waals surface area contributed by atoms with E-state index in [4.69, 9.17) is 0 Å². The molecule has 1 aromatic carbocycles. The first-order valence-electron chi connectivity index (χ1n) is 7.95. The predicted octanol–water partition coefficient (Wildman–Crippen LogP) is 4.31. The molecule has 2 saturated carbocycles. The molecule has 0 spiro atoms. The Labute approximate surface area is 126 Å². The molecule has 2 atom stereocenters. The minimum absolute atomic E-state index is 0.0911. The Bertz CT molecular complexity index is 523. The van der Waals surface area contributed by atoms with Gasteiger partial charge in [-0.1, -0.05) is 6.07 Å². The molecule has 1 nitrogen and oxygen atoms in total. The van der Waals surface area contributed by atoms with Crippen molar-refractivity contribution in [1.82, 2.24) is 5.32 Å². The molecule has 2 fully saturated rings. The second-order valence-corrected chi connectivity index (χ2v) is 8.19. The van der Waals surface area contributed by atoms with Gasteiger partial charge in [0.15, 0.2) is 11.6 Å². The quantitative estimate of drug-likeness (QED) is 0.872. The highest BCUT2D eigenvalue weighted by Crippen LogP contribution is 2.60. The summed E-state index contributed by atoms with van der Waals surface area (Å²) in [6.45, 7) is 7.48. The Morgan fingerprint density at radius 1 is 1.14 bits per heavy atom. The fraction of sp³-hybridized carbons (Fsp3) is 0.667. The fourth-order valence-corrected chi connectivity index (χ4v) is 3.89. The van der Waals surface area contributed by atoms with Crippen molar-refractivity contribution in [2.24, 2.45) is 17.3 Å². The van der Waals surface area contributed by atoms with E-state index in [2.05, 4.69) is 26.1 Å². The van der Waals surface area contributed by atoms with E-state index in [1.807, 2.05) is 0 Å². The van der Waals surface area contributed by atoms with Crippen LogP contribution >= 0.6 is 0 Å². The molecule has 0 aromatic heterocycles. The van der Waals surface area contributed by atoms with Crippen LogP contribution in [0.2, 0.25) is 0 Å². The van der Waals surface area contributed by atoms with Gasteiger partial charge >= 0.3 is 0 Å². The van der Waals surface area contributed by atoms with Gasteiger partial charge in [-0.2, -0.15) is 0 Å². The van der Waals surface area contributed by atoms with Gasteiger partial charge in [0.25, 0.3) is 0 Å². The van der Waals surface area contributed by atoms with Gasteiger partial charge in [-0.15, -0.1) is 0 Å². The summed E-state index contributed by atoms with van der Waals surface area (Å²) in [4.78, 5) is 0. The van der Waals surface area contributed by atoms with Crippen molar-refractivity contribution < 1.29 is 8.78 Å². The summed E-state index contributed by atoms with van der Waals surface area (Å²) in [6.07, 6.45) is 4.66. The highest BCUT2D eigenvalue weighted by molar-refractivity contribution is 5.21. The van der Waals surface area contributed by atoms with Gasteiger partial charge in [-0.3, -0.25) is 0 Å². The Kier molecular flexibility index (Phi) is 3.59. The van der Waals surface area contributed by atoms with Crippen LogP contribution < -0.4 is 5.32 Å². The van der Waals surface area contributed by atoms with Crippen molar-refractivity contribution in [3.05, 3.63) is 35.4 Å². The van der Waals surface area contributed by atoms with Gasteiger partial charge in [0.05, 0.1) is 0 Å². The Morgan fingerprint density at radius 3 is 2.38 bits per heavy atom. The molecule has 0 aliphatic heterocycles. The third kappa shape index (κ3) is 3.45. The van der Waals surface area contributed by atoms with E-state index in [1.54, 1.807) is 6.07 Å². The molecule has 0 amide bonds. The highest BCUT2D eigenvalue weighted by Gasteiger charge is 2.53. The summed E-state index contributed by atoms with van der Waals surface area (Å²) in [7, 11) is 0. The second kappa shape index (κ2) is 5.05. The number of rotatable bonds is 4. The van der Waals surface area contributed by atoms with E-state index in [9.17, 15) is 8.78 Å². The first-order valence-corrected chi connectivity index (χ1v) is 7.95. The predicted molar refractivity (Wildman–Crippen MR) is 81.1 cm³/mol. The molecular formula is C18H25F2N. The van der Waals surface area contributed by atoms with Gasteiger partial charge in [0.1, 0.15) is 0 Å². The molecule has 1 aromatic rings. The monoisotopic (exact) mass is 293 g/mol. The average Bonchev–Trinajstić information content (AvgIpc) is 2.99. The second-order valence-electron chi connectivity index (χ2n) is 8.19. The first kappa shape index (κ1) is 15.0. The maximum absolute atomic E-state index is 13.4. The normalized spacial score (nSPS) is 31.3. The molecule has 0 saturated heterocycles. The van der Waals surface area contributed by atoms with Crippen molar-refractivity contribution in [3.63, 3.8) is 0 Å². The molecule has 1 N–H and O–H groups in total. The van der Waals surface area contributed by atoms with Crippen LogP contribution in [0.5, 0.6) is 0 Å². The number of benzene rings is 1. The standard InChI is InChI=1S/C18H25F2N/c1-17(2,3)21-11-18(9-13-7-14(13)10-18)8-12-4-5-15(19)16(20)6-12/h4-6,13-14,21H,7-11H2,1-3H3. The van der Waals surface area contributed by atoms with Gasteiger partial charge < -0.3 is 5.32 Å². The van der Waals surface area contributed by atoms with E-state index in [0.29, 0.717) is 0 Å². The zero-order chi connectivity index (χ0) is 15.3. The van der Waals surface area contributed by atoms with Gasteiger partial charge in [-0.25, -0.2) is 8.78 Å². The molecule has 0 heterocycles. The first-order chi connectivity index (χ1) is 9.76. The summed E-state index contributed by atoms with van der Waals surface area (Å²) in [5.74, 6) is 0.263. The summed E-state index contributed by atoms with van der Waals surface area (Å²) in [5, 5.41) is 3.62. The topological polar surface area (TPSA) is 12.0 Å². The molecular weight excluding hydrogens is 268 g/mol. The van der Waals surface area contributed by atoms with Crippen LogP contribution in [0, 0.1) is 28.9 Å². The molecule has 3 rings (SSSR count). The summed E-state index contributed by atoms with van der Waals surface area (Å²) in [6, 6.07) is 4.37. The lowest BCUT2D eigenvalue weighted by Crippen LogP contribution is -2.44. The zero-order valence-corrected chi connectivity index (χ0v) is 13.2. The lowest BCUT2D eigenvalue weighted by atomic mass is 9.77. The van der Waals surface area contributed by atoms with Crippen molar-refractivity contribution >= 4 is 0 Å². The fourth-order valence-electron chi connectivity index (χ4n) is 3.89. The average molecular weight is 293 g/mol. The molecule has 2 unspecified atom stereocenters. The maximum Gasteiger partial charge on any atom is 0.159 e. The van der Waals surface area contributed by atoms with Gasteiger partial charge in [0.2, 0.25) is 0 Å². The molecule has 2 aliphatic rings. The van der Waals surface area contributed by atoms with Gasteiger partial charge in [0, 0.05) is 12.1 Å². The summed E-state index contributed by atoms with van der Waals surface area (Å²) >= 11 is 0. The van der Waals surface area contributed by atoms with Crippen molar-refractivity contribution in [2.45, 2.75) is 52.0 Å². The maximum atomic E-state index is 13.4. The lowest BCUT2D eigenvalue weighted by molar-refractivity contribution is 0.222. The molecule has 2 aliphatic carbocycles. The minimum Gasteiger partial charge on any atom is -0.312 e. The van der Waals surface area contributed by atoms with Gasteiger partial charge in [-0.05, 0) is 81.4 Å². The van der Waals surface area contributed by atoms with Crippen LogP contribution in [0.3, 0.4) is 0 Å². The number of fused-ring (bicyclic) bond motifs is 1. The third-order valence-corrected chi connectivity index (χ3v) is 5.02. The van der Waals surface area contributed by atoms with E-state index in [-0.39, 0.29) is 11.0 Å². The number of hydrogen-bond donors (Lipinski definition) is 1. The molecule has 116 valence electrons. The van der Waals surface area contributed by atoms with Crippen LogP contribution in [0.1, 0.15) is 45.6 Å². The largest absolute Gasteiger partial charge is 0.312 e. The zero-order valence-electron chi connectivity index (χ0n) is 13.2. The van der Waals surface area contributed by atoms with E-state index in [0.717, 1.165) is 30.4 Å². The van der Waals surface area contributed by atoms with E-state index < -0.39 is 11.6 Å². The smallest absolute Gasteiger partial charge is 0.159 e. The highest BCUT2D eigenvalue weighted by atomic mass is 19.2. The molecule has 0 radical (unpaired) electrons. The minimum atomic E-state index is -0.755. The molecule has 0 bridgehead atoms. The molecule has 21 heavy (non-hydrogen) atoms. The Balaban J connectivity index is 1.74. The number of halogens is 2. The molecule has 3 heteroatoms. The van der Waals surface area contributed by atoms with E-state index in [1.165, 1.54) is 31.4 Å². The van der Waals surface area contributed by atoms with Crippen LogP contribution in [0.4, 0.5) is 8.78 Å². The third-order valence-electron chi connectivity index (χ3n) is 5.02. The Morgan fingerprint density at radius 2 is 1.81 bits per heavy atom. The van der Waals surface area contributed by atoms with Crippen LogP contribution in [-0.4, -0.2) is 12.1 Å². The Hall–Kier alpha value is -0.960. The van der Waals surface area contributed by atoms with Crippen molar-refractivity contribution in [3.8, 4) is 0 Å². The summed E-state index contributed by atoms with van der Waals surface area (Å²) in [5.41, 5.74) is 1.23. The number of hydrogen-bond acceptors (Lipinski definition) is 1. The van der Waals surface area contributed by atoms with E-state index >= 15 is 0 Å². The van der Waals surface area contributed by atoms with Crippen molar-refractivity contribution in [2.75, 3.05) is 6.54 Å². The van der Waals surface area contributed by atoms with Crippen LogP contribution in [-0.2, 0) is 6.42 Å². The van der Waals surface area contributed by atoms with Crippen molar-refractivity contribution in [1.29, 1.82) is 0 Å².